The molecule has 182 valence electrons. The van der Waals surface area contributed by atoms with E-state index in [9.17, 15) is 19.5 Å². The Labute approximate surface area is 207 Å². The minimum atomic E-state index is -1.44. The summed E-state index contributed by atoms with van der Waals surface area (Å²) < 4.78 is 0. The molecule has 0 radical (unpaired) electrons. The van der Waals surface area contributed by atoms with E-state index in [0.29, 0.717) is 18.4 Å². The Hall–Kier alpha value is -3.27. The van der Waals surface area contributed by atoms with Gasteiger partial charge in [0.1, 0.15) is 11.3 Å². The largest absolute Gasteiger partial charge is 0.506 e. The van der Waals surface area contributed by atoms with E-state index in [-0.39, 0.29) is 29.5 Å². The summed E-state index contributed by atoms with van der Waals surface area (Å²) in [6.45, 7) is 9.50. The number of rotatable bonds is 5. The van der Waals surface area contributed by atoms with E-state index in [1.54, 1.807) is 37.3 Å². The second kappa shape index (κ2) is 8.75. The summed E-state index contributed by atoms with van der Waals surface area (Å²) in [5.74, 6) is -1.83. The minimum absolute atomic E-state index is 0.0773. The van der Waals surface area contributed by atoms with Gasteiger partial charge in [0.15, 0.2) is 17.3 Å². The normalized spacial score (nSPS) is 29.1. The Morgan fingerprint density at radius 3 is 2.06 bits per heavy atom. The number of carbonyl (C=O) groups is 3. The van der Waals surface area contributed by atoms with Gasteiger partial charge in [0.25, 0.3) is 0 Å². The first kappa shape index (κ1) is 24.8. The van der Waals surface area contributed by atoms with Crippen molar-refractivity contribution in [2.24, 2.45) is 22.2 Å². The first-order chi connectivity index (χ1) is 16.5. The fraction of sp³-hybridized carbons (Fsp3) is 0.387. The van der Waals surface area contributed by atoms with Gasteiger partial charge in [-0.05, 0) is 56.9 Å². The number of ketones is 3. The number of aliphatic hydroxyl groups excluding tert-OH is 1. The molecule has 2 aromatic rings. The molecule has 0 aliphatic heterocycles. The zero-order valence-electron chi connectivity index (χ0n) is 21.2. The SMILES string of the molecule is CC(C)=CC[C@@]12C[C@@H](Cc3ccccc3)C(C)(C)[C@@](C)(C(=O)/C(=C(/O)c3ccccc3)C1=O)C2=O. The maximum absolute atomic E-state index is 14.2. The summed E-state index contributed by atoms with van der Waals surface area (Å²) in [4.78, 5) is 42.5. The van der Waals surface area contributed by atoms with Crippen LogP contribution in [-0.4, -0.2) is 22.5 Å². The van der Waals surface area contributed by atoms with Gasteiger partial charge in [0, 0.05) is 5.56 Å². The van der Waals surface area contributed by atoms with Crippen molar-refractivity contribution in [1.82, 2.24) is 0 Å². The molecule has 4 rings (SSSR count). The third-order valence-corrected chi connectivity index (χ3v) is 8.60. The van der Waals surface area contributed by atoms with Crippen LogP contribution in [-0.2, 0) is 20.8 Å². The average Bonchev–Trinajstić information content (AvgIpc) is 2.84. The monoisotopic (exact) mass is 470 g/mol. The molecule has 2 aliphatic rings. The van der Waals surface area contributed by atoms with Crippen LogP contribution in [0.2, 0.25) is 0 Å². The number of aliphatic hydroxyl groups is 1. The Balaban J connectivity index is 1.95. The average molecular weight is 471 g/mol. The van der Waals surface area contributed by atoms with Crippen molar-refractivity contribution in [3.8, 4) is 0 Å². The van der Waals surface area contributed by atoms with Gasteiger partial charge in [-0.3, -0.25) is 14.4 Å². The van der Waals surface area contributed by atoms with Crippen LogP contribution < -0.4 is 0 Å². The van der Waals surface area contributed by atoms with Gasteiger partial charge in [0.05, 0.1) is 10.8 Å². The summed E-state index contributed by atoms with van der Waals surface area (Å²) >= 11 is 0. The van der Waals surface area contributed by atoms with E-state index in [1.165, 1.54) is 0 Å². The Morgan fingerprint density at radius 1 is 0.914 bits per heavy atom. The zero-order valence-corrected chi connectivity index (χ0v) is 21.2. The number of allylic oxidation sites excluding steroid dienone is 3. The first-order valence-electron chi connectivity index (χ1n) is 12.3. The molecule has 0 saturated heterocycles. The number of Topliss-reactive ketones (excluding diaryl/α,β-unsaturated/α-hetero) is 3. The molecular weight excluding hydrogens is 436 g/mol. The van der Waals surface area contributed by atoms with Crippen LogP contribution >= 0.6 is 0 Å². The molecule has 4 heteroatoms. The summed E-state index contributed by atoms with van der Waals surface area (Å²) in [5.41, 5.74) is -1.27. The topological polar surface area (TPSA) is 71.4 Å². The van der Waals surface area contributed by atoms with Crippen molar-refractivity contribution >= 4 is 23.1 Å². The standard InChI is InChI=1S/C31H34O4/c1-20(2)16-17-31-19-23(18-21-12-8-6-9-13-21)29(3,4)30(5,28(31)35)26(33)24(27(31)34)25(32)22-14-10-7-11-15-22/h6-16,23,32H,17-19H2,1-5H3/b25-24-/t23-,30+,31-/m1/s1. The van der Waals surface area contributed by atoms with E-state index in [0.717, 1.165) is 11.1 Å². The highest BCUT2D eigenvalue weighted by Crippen LogP contribution is 2.63. The van der Waals surface area contributed by atoms with Gasteiger partial charge < -0.3 is 5.11 Å². The number of carbonyl (C=O) groups excluding carboxylic acids is 3. The predicted molar refractivity (Wildman–Crippen MR) is 138 cm³/mol. The van der Waals surface area contributed by atoms with E-state index in [1.807, 2.05) is 64.1 Å². The highest BCUT2D eigenvalue weighted by molar-refractivity contribution is 6.41. The van der Waals surface area contributed by atoms with Gasteiger partial charge in [-0.15, -0.1) is 0 Å². The molecule has 0 amide bonds. The lowest BCUT2D eigenvalue weighted by Gasteiger charge is -2.59. The maximum atomic E-state index is 14.2. The molecular formula is C31H34O4. The van der Waals surface area contributed by atoms with Crippen molar-refractivity contribution in [2.45, 2.75) is 53.9 Å². The highest BCUT2D eigenvalue weighted by atomic mass is 16.3. The van der Waals surface area contributed by atoms with Crippen LogP contribution in [0.1, 0.15) is 58.6 Å². The summed E-state index contributed by atoms with van der Waals surface area (Å²) in [7, 11) is 0. The number of hydrogen-bond donors (Lipinski definition) is 1. The molecule has 2 bridgehead atoms. The molecule has 0 spiro atoms. The van der Waals surface area contributed by atoms with E-state index >= 15 is 0 Å². The molecule has 2 saturated carbocycles. The van der Waals surface area contributed by atoms with Gasteiger partial charge in [0.2, 0.25) is 0 Å². The molecule has 3 atom stereocenters. The molecule has 0 unspecified atom stereocenters. The first-order valence-corrected chi connectivity index (χ1v) is 12.3. The predicted octanol–water partition coefficient (Wildman–Crippen LogP) is 6.31. The van der Waals surface area contributed by atoms with E-state index < -0.39 is 27.8 Å². The lowest BCUT2D eigenvalue weighted by Crippen LogP contribution is -2.68. The van der Waals surface area contributed by atoms with Gasteiger partial charge in [-0.25, -0.2) is 0 Å². The molecule has 35 heavy (non-hydrogen) atoms. The quantitative estimate of drug-likeness (QED) is 0.183. The van der Waals surface area contributed by atoms with Crippen LogP contribution in [0, 0.1) is 22.2 Å². The van der Waals surface area contributed by atoms with Gasteiger partial charge in [-0.1, -0.05) is 86.2 Å². The van der Waals surface area contributed by atoms with Crippen molar-refractivity contribution < 1.29 is 19.5 Å². The number of hydrogen-bond acceptors (Lipinski definition) is 4. The summed E-state index contributed by atoms with van der Waals surface area (Å²) in [6.07, 6.45) is 3.15. The molecule has 0 aromatic heterocycles. The minimum Gasteiger partial charge on any atom is -0.506 e. The maximum Gasteiger partial charge on any atom is 0.184 e. The van der Waals surface area contributed by atoms with Gasteiger partial charge >= 0.3 is 0 Å². The van der Waals surface area contributed by atoms with Crippen LogP contribution in [0.5, 0.6) is 0 Å². The number of fused-ring (bicyclic) bond motifs is 2. The lowest BCUT2D eigenvalue weighted by atomic mass is 9.40. The smallest absolute Gasteiger partial charge is 0.184 e. The Kier molecular flexibility index (Phi) is 6.21. The van der Waals surface area contributed by atoms with Crippen molar-refractivity contribution in [3.05, 3.63) is 89.0 Å². The Bertz CT molecular complexity index is 1230. The fourth-order valence-electron chi connectivity index (χ4n) is 5.96. The second-order valence-corrected chi connectivity index (χ2v) is 11.1. The summed E-state index contributed by atoms with van der Waals surface area (Å²) in [5, 5.41) is 11.2. The van der Waals surface area contributed by atoms with E-state index in [4.69, 9.17) is 0 Å². The highest BCUT2D eigenvalue weighted by Gasteiger charge is 2.72. The molecule has 2 fully saturated rings. The molecule has 4 nitrogen and oxygen atoms in total. The van der Waals surface area contributed by atoms with Crippen molar-refractivity contribution in [1.29, 1.82) is 0 Å². The Morgan fingerprint density at radius 2 is 1.49 bits per heavy atom. The van der Waals surface area contributed by atoms with Crippen molar-refractivity contribution in [3.63, 3.8) is 0 Å². The van der Waals surface area contributed by atoms with Crippen molar-refractivity contribution in [2.75, 3.05) is 0 Å². The van der Waals surface area contributed by atoms with Crippen LogP contribution in [0.3, 0.4) is 0 Å². The van der Waals surface area contributed by atoms with Crippen LogP contribution in [0.4, 0.5) is 0 Å². The van der Waals surface area contributed by atoms with Crippen LogP contribution in [0.25, 0.3) is 5.76 Å². The molecule has 0 heterocycles. The lowest BCUT2D eigenvalue weighted by molar-refractivity contribution is -0.174. The molecule has 2 aromatic carbocycles. The summed E-state index contributed by atoms with van der Waals surface area (Å²) in [6, 6.07) is 18.6. The van der Waals surface area contributed by atoms with Crippen LogP contribution in [0.15, 0.2) is 77.9 Å². The zero-order chi connectivity index (χ0) is 25.6. The third-order valence-electron chi connectivity index (χ3n) is 8.60. The fourth-order valence-corrected chi connectivity index (χ4v) is 5.96. The third kappa shape index (κ3) is 3.71. The van der Waals surface area contributed by atoms with E-state index in [2.05, 4.69) is 0 Å². The van der Waals surface area contributed by atoms with Gasteiger partial charge in [-0.2, -0.15) is 0 Å². The molecule has 2 aliphatic carbocycles. The number of benzene rings is 2. The second-order valence-electron chi connectivity index (χ2n) is 11.1. The molecule has 1 N–H and O–H groups in total.